The van der Waals surface area contributed by atoms with Gasteiger partial charge in [0.15, 0.2) is 6.61 Å². The maximum absolute atomic E-state index is 12.3. The highest BCUT2D eigenvalue weighted by atomic mass is 32.1. The number of hydrogen-bond acceptors (Lipinski definition) is 6. The van der Waals surface area contributed by atoms with Gasteiger partial charge in [0, 0.05) is 13.1 Å². The van der Waals surface area contributed by atoms with Crippen LogP contribution in [0.4, 0.5) is 0 Å². The Labute approximate surface area is 163 Å². The van der Waals surface area contributed by atoms with Gasteiger partial charge in [0.1, 0.15) is 5.54 Å². The number of esters is 1. The van der Waals surface area contributed by atoms with E-state index in [9.17, 15) is 19.6 Å². The minimum Gasteiger partial charge on any atom is -0.455 e. The van der Waals surface area contributed by atoms with Gasteiger partial charge in [-0.15, -0.1) is 11.3 Å². The number of hydrogen-bond donors (Lipinski definition) is 1. The molecule has 0 bridgehead atoms. The average molecular weight is 391 g/mol. The fourth-order valence-corrected chi connectivity index (χ4v) is 3.45. The third kappa shape index (κ3) is 5.30. The van der Waals surface area contributed by atoms with E-state index < -0.39 is 24.0 Å². The van der Waals surface area contributed by atoms with Crippen molar-refractivity contribution in [3.63, 3.8) is 0 Å². The molecule has 1 aliphatic heterocycles. The summed E-state index contributed by atoms with van der Waals surface area (Å²) in [6, 6.07) is 5.70. The number of likely N-dealkylation sites (tertiary alicyclic amines) is 1. The summed E-state index contributed by atoms with van der Waals surface area (Å²) < 4.78 is 5.12. The van der Waals surface area contributed by atoms with Gasteiger partial charge in [-0.05, 0) is 37.1 Å². The number of carbonyl (C=O) groups excluding carboxylic acids is 3. The van der Waals surface area contributed by atoms with Crippen LogP contribution in [0.1, 0.15) is 43.3 Å². The van der Waals surface area contributed by atoms with Crippen molar-refractivity contribution in [2.24, 2.45) is 11.8 Å². The second-order valence-corrected chi connectivity index (χ2v) is 8.12. The highest BCUT2D eigenvalue weighted by Crippen LogP contribution is 2.22. The molecule has 1 saturated heterocycles. The number of nitrogens with zero attached hydrogens (tertiary/aromatic N) is 2. The molecule has 1 aliphatic rings. The molecule has 0 unspecified atom stereocenters. The van der Waals surface area contributed by atoms with Gasteiger partial charge in [0.2, 0.25) is 0 Å². The van der Waals surface area contributed by atoms with Crippen LogP contribution in [0, 0.1) is 23.2 Å². The van der Waals surface area contributed by atoms with Crippen LogP contribution in [0.3, 0.4) is 0 Å². The van der Waals surface area contributed by atoms with E-state index in [2.05, 4.69) is 11.4 Å². The molecule has 27 heavy (non-hydrogen) atoms. The van der Waals surface area contributed by atoms with Crippen LogP contribution in [-0.4, -0.2) is 47.9 Å². The number of nitrogens with one attached hydrogen (secondary N) is 1. The first-order valence-electron chi connectivity index (χ1n) is 8.98. The number of amides is 2. The molecule has 7 nitrogen and oxygen atoms in total. The summed E-state index contributed by atoms with van der Waals surface area (Å²) in [6.45, 7) is 5.88. The molecule has 0 aromatic carbocycles. The fraction of sp³-hybridized carbons (Fsp3) is 0.579. The van der Waals surface area contributed by atoms with Crippen LogP contribution in [0.25, 0.3) is 0 Å². The predicted molar refractivity (Wildman–Crippen MR) is 101 cm³/mol. The molecule has 1 N–H and O–H groups in total. The second-order valence-electron chi connectivity index (χ2n) is 7.17. The minimum absolute atomic E-state index is 0.0133. The molecule has 0 saturated carbocycles. The van der Waals surface area contributed by atoms with E-state index in [0.29, 0.717) is 30.8 Å². The van der Waals surface area contributed by atoms with E-state index in [4.69, 9.17) is 4.74 Å². The standard InChI is InChI=1S/C19H25N3O4S/c1-13(2)19(3,12-20)21-16(23)11-26-18(25)14-6-8-22(9-7-14)17(24)15-5-4-10-27-15/h4-5,10,13-14H,6-9,11H2,1-3H3,(H,21,23)/t19-/m1/s1. The zero-order valence-corrected chi connectivity index (χ0v) is 16.7. The lowest BCUT2D eigenvalue weighted by molar-refractivity contribution is -0.154. The molecule has 2 amide bonds. The molecule has 0 aliphatic carbocycles. The van der Waals surface area contributed by atoms with Gasteiger partial charge < -0.3 is 15.0 Å². The quantitative estimate of drug-likeness (QED) is 0.750. The molecule has 1 fully saturated rings. The van der Waals surface area contributed by atoms with Gasteiger partial charge >= 0.3 is 5.97 Å². The monoisotopic (exact) mass is 391 g/mol. The Bertz CT molecular complexity index is 718. The summed E-state index contributed by atoms with van der Waals surface area (Å²) in [5, 5.41) is 13.7. The molecular weight excluding hydrogens is 366 g/mol. The molecule has 146 valence electrons. The Kier molecular flexibility index (Phi) is 6.97. The Hall–Kier alpha value is -2.40. The Morgan fingerprint density at radius 1 is 1.41 bits per heavy atom. The van der Waals surface area contributed by atoms with E-state index in [1.165, 1.54) is 11.3 Å². The first-order chi connectivity index (χ1) is 12.8. The number of nitriles is 1. The maximum atomic E-state index is 12.3. The second kappa shape index (κ2) is 9.00. The van der Waals surface area contributed by atoms with Gasteiger partial charge in [-0.25, -0.2) is 0 Å². The molecule has 2 rings (SSSR count). The van der Waals surface area contributed by atoms with Crippen molar-refractivity contribution in [1.82, 2.24) is 10.2 Å². The van der Waals surface area contributed by atoms with Gasteiger partial charge in [0.05, 0.1) is 16.9 Å². The van der Waals surface area contributed by atoms with Gasteiger partial charge in [-0.1, -0.05) is 19.9 Å². The maximum Gasteiger partial charge on any atom is 0.309 e. The zero-order chi connectivity index (χ0) is 20.0. The van der Waals surface area contributed by atoms with E-state index >= 15 is 0 Å². The van der Waals surface area contributed by atoms with E-state index in [0.717, 1.165) is 0 Å². The Balaban J connectivity index is 1.77. The summed E-state index contributed by atoms with van der Waals surface area (Å²) in [5.41, 5.74) is -1.00. The van der Waals surface area contributed by atoms with Crippen LogP contribution in [-0.2, 0) is 14.3 Å². The van der Waals surface area contributed by atoms with Gasteiger partial charge in [-0.2, -0.15) is 5.26 Å². The summed E-state index contributed by atoms with van der Waals surface area (Å²) in [5.74, 6) is -1.34. The fourth-order valence-electron chi connectivity index (χ4n) is 2.76. The third-order valence-corrected chi connectivity index (χ3v) is 5.84. The SMILES string of the molecule is CC(C)[C@@](C)(C#N)NC(=O)COC(=O)C1CCN(C(=O)c2cccs2)CC1. The largest absolute Gasteiger partial charge is 0.455 e. The lowest BCUT2D eigenvalue weighted by Crippen LogP contribution is -2.50. The lowest BCUT2D eigenvalue weighted by atomic mass is 9.90. The molecular formula is C19H25N3O4S. The molecule has 2 heterocycles. The Morgan fingerprint density at radius 3 is 2.59 bits per heavy atom. The van der Waals surface area contributed by atoms with Crippen LogP contribution >= 0.6 is 11.3 Å². The number of ether oxygens (including phenoxy) is 1. The number of piperidine rings is 1. The van der Waals surface area contributed by atoms with Crippen molar-refractivity contribution >= 4 is 29.1 Å². The molecule has 1 aromatic rings. The molecule has 1 atom stereocenters. The predicted octanol–water partition coefficient (Wildman–Crippen LogP) is 2.20. The first-order valence-corrected chi connectivity index (χ1v) is 9.86. The van der Waals surface area contributed by atoms with E-state index in [1.807, 2.05) is 25.3 Å². The van der Waals surface area contributed by atoms with Gasteiger partial charge in [0.25, 0.3) is 11.8 Å². The third-order valence-electron chi connectivity index (χ3n) is 4.98. The smallest absolute Gasteiger partial charge is 0.309 e. The lowest BCUT2D eigenvalue weighted by Gasteiger charge is -2.31. The average Bonchev–Trinajstić information content (AvgIpc) is 3.20. The summed E-state index contributed by atoms with van der Waals surface area (Å²) in [6.07, 6.45) is 1.03. The normalized spacial score (nSPS) is 17.1. The van der Waals surface area contributed by atoms with Crippen molar-refractivity contribution < 1.29 is 19.1 Å². The zero-order valence-electron chi connectivity index (χ0n) is 15.9. The summed E-state index contributed by atoms with van der Waals surface area (Å²) in [4.78, 5) is 38.9. The van der Waals surface area contributed by atoms with Crippen molar-refractivity contribution in [3.05, 3.63) is 22.4 Å². The minimum atomic E-state index is -1.00. The van der Waals surface area contributed by atoms with Crippen molar-refractivity contribution in [3.8, 4) is 6.07 Å². The van der Waals surface area contributed by atoms with E-state index in [-0.39, 0.29) is 17.7 Å². The van der Waals surface area contributed by atoms with Crippen LogP contribution in [0.2, 0.25) is 0 Å². The molecule has 8 heteroatoms. The Morgan fingerprint density at radius 2 is 2.07 bits per heavy atom. The summed E-state index contributed by atoms with van der Waals surface area (Å²) in [7, 11) is 0. The molecule has 1 aromatic heterocycles. The first kappa shape index (κ1) is 20.9. The van der Waals surface area contributed by atoms with Crippen LogP contribution < -0.4 is 5.32 Å². The van der Waals surface area contributed by atoms with Crippen molar-refractivity contribution in [2.45, 2.75) is 39.2 Å². The highest BCUT2D eigenvalue weighted by Gasteiger charge is 2.32. The molecule has 0 spiro atoms. The van der Waals surface area contributed by atoms with Crippen molar-refractivity contribution in [2.75, 3.05) is 19.7 Å². The van der Waals surface area contributed by atoms with Crippen LogP contribution in [0.5, 0.6) is 0 Å². The van der Waals surface area contributed by atoms with Gasteiger partial charge in [-0.3, -0.25) is 14.4 Å². The van der Waals surface area contributed by atoms with Crippen molar-refractivity contribution in [1.29, 1.82) is 5.26 Å². The number of carbonyl (C=O) groups is 3. The topological polar surface area (TPSA) is 99.5 Å². The highest BCUT2D eigenvalue weighted by molar-refractivity contribution is 7.12. The van der Waals surface area contributed by atoms with Crippen LogP contribution in [0.15, 0.2) is 17.5 Å². The van der Waals surface area contributed by atoms with E-state index in [1.54, 1.807) is 17.9 Å². The number of rotatable bonds is 6. The summed E-state index contributed by atoms with van der Waals surface area (Å²) >= 11 is 1.40. The number of thiophene rings is 1. The molecule has 0 radical (unpaired) electrons.